The highest BCUT2D eigenvalue weighted by Gasteiger charge is 2.02. The average molecular weight is 252 g/mol. The van der Waals surface area contributed by atoms with Crippen LogP contribution in [-0.4, -0.2) is 25.9 Å². The van der Waals surface area contributed by atoms with Gasteiger partial charge in [-0.3, -0.25) is 5.32 Å². The molecule has 0 radical (unpaired) electrons. The van der Waals surface area contributed by atoms with Gasteiger partial charge < -0.3 is 15.2 Å². The maximum Gasteiger partial charge on any atom is 0.411 e. The van der Waals surface area contributed by atoms with Gasteiger partial charge in [0.2, 0.25) is 0 Å². The number of amides is 1. The maximum atomic E-state index is 11.4. The zero-order valence-electron chi connectivity index (χ0n) is 10.6. The van der Waals surface area contributed by atoms with Gasteiger partial charge in [-0.2, -0.15) is 0 Å². The van der Waals surface area contributed by atoms with Crippen molar-refractivity contribution in [2.45, 2.75) is 19.8 Å². The molecule has 5 heteroatoms. The molecule has 0 aliphatic rings. The fourth-order valence-corrected chi connectivity index (χ4v) is 1.31. The van der Waals surface area contributed by atoms with Crippen molar-refractivity contribution in [1.29, 1.82) is 0 Å². The fourth-order valence-electron chi connectivity index (χ4n) is 1.31. The lowest BCUT2D eigenvalue weighted by atomic mass is 10.3. The summed E-state index contributed by atoms with van der Waals surface area (Å²) in [5.74, 6) is 0. The van der Waals surface area contributed by atoms with Crippen LogP contribution in [0, 0.1) is 0 Å². The minimum Gasteiger partial charge on any atom is -0.447 e. The highest BCUT2D eigenvalue weighted by molar-refractivity contribution is 5.85. The number of anilines is 2. The van der Waals surface area contributed by atoms with E-state index in [4.69, 9.17) is 15.2 Å². The zero-order valence-corrected chi connectivity index (χ0v) is 10.6. The van der Waals surface area contributed by atoms with Crippen molar-refractivity contribution in [2.75, 3.05) is 30.9 Å². The summed E-state index contributed by atoms with van der Waals surface area (Å²) in [6, 6.07) is 6.92. The predicted molar refractivity (Wildman–Crippen MR) is 71.6 cm³/mol. The summed E-state index contributed by atoms with van der Waals surface area (Å²) in [7, 11) is 0. The molecule has 0 aliphatic heterocycles. The molecule has 0 aromatic heterocycles. The van der Waals surface area contributed by atoms with Crippen LogP contribution in [0.2, 0.25) is 0 Å². The van der Waals surface area contributed by atoms with Crippen molar-refractivity contribution in [3.05, 3.63) is 24.3 Å². The van der Waals surface area contributed by atoms with Crippen molar-refractivity contribution in [3.63, 3.8) is 0 Å². The molecule has 100 valence electrons. The van der Waals surface area contributed by atoms with Crippen LogP contribution in [0.5, 0.6) is 0 Å². The maximum absolute atomic E-state index is 11.4. The first-order valence-corrected chi connectivity index (χ1v) is 6.09. The van der Waals surface area contributed by atoms with E-state index in [-0.39, 0.29) is 6.61 Å². The number of ether oxygens (including phenoxy) is 2. The Bertz CT molecular complexity index is 369. The third-order valence-corrected chi connectivity index (χ3v) is 2.24. The Hall–Kier alpha value is -1.75. The molecular weight excluding hydrogens is 232 g/mol. The zero-order chi connectivity index (χ0) is 13.2. The first-order chi connectivity index (χ1) is 8.72. The van der Waals surface area contributed by atoms with E-state index in [1.54, 1.807) is 24.3 Å². The Morgan fingerprint density at radius 3 is 2.89 bits per heavy atom. The summed E-state index contributed by atoms with van der Waals surface area (Å²) in [4.78, 5) is 11.4. The van der Waals surface area contributed by atoms with Crippen molar-refractivity contribution in [1.82, 2.24) is 0 Å². The smallest absolute Gasteiger partial charge is 0.411 e. The fraction of sp³-hybridized carbons (Fsp3) is 0.462. The second-order valence-electron chi connectivity index (χ2n) is 3.85. The summed E-state index contributed by atoms with van der Waals surface area (Å²) >= 11 is 0. The summed E-state index contributed by atoms with van der Waals surface area (Å²) in [5.41, 5.74) is 6.80. The number of hydrogen-bond acceptors (Lipinski definition) is 4. The second-order valence-corrected chi connectivity index (χ2v) is 3.85. The van der Waals surface area contributed by atoms with Gasteiger partial charge in [0, 0.05) is 18.0 Å². The van der Waals surface area contributed by atoms with Crippen LogP contribution in [0.1, 0.15) is 19.8 Å². The molecule has 3 N–H and O–H groups in total. The number of benzene rings is 1. The summed E-state index contributed by atoms with van der Waals surface area (Å²) in [6.07, 6.45) is 1.62. The molecule has 1 aromatic rings. The van der Waals surface area contributed by atoms with E-state index in [2.05, 4.69) is 12.2 Å². The van der Waals surface area contributed by atoms with Crippen molar-refractivity contribution in [3.8, 4) is 0 Å². The van der Waals surface area contributed by atoms with Gasteiger partial charge in [0.05, 0.1) is 6.61 Å². The van der Waals surface area contributed by atoms with Gasteiger partial charge in [-0.05, 0) is 24.6 Å². The molecule has 1 aromatic carbocycles. The quantitative estimate of drug-likeness (QED) is 0.578. The van der Waals surface area contributed by atoms with Crippen LogP contribution < -0.4 is 11.1 Å². The topological polar surface area (TPSA) is 73.6 Å². The van der Waals surface area contributed by atoms with E-state index in [1.807, 2.05) is 0 Å². The highest BCUT2D eigenvalue weighted by Crippen LogP contribution is 2.11. The molecule has 0 aliphatic carbocycles. The minimum atomic E-state index is -0.500. The van der Waals surface area contributed by atoms with Gasteiger partial charge in [0.25, 0.3) is 0 Å². The second kappa shape index (κ2) is 8.36. The third kappa shape index (κ3) is 6.10. The average Bonchev–Trinajstić information content (AvgIpc) is 2.33. The van der Waals surface area contributed by atoms with E-state index in [9.17, 15) is 4.79 Å². The van der Waals surface area contributed by atoms with Gasteiger partial charge in [0.1, 0.15) is 6.61 Å². The standard InChI is InChI=1S/C13H20N2O3/c1-2-3-7-17-8-9-18-13(16)15-12-6-4-5-11(14)10-12/h4-6,10H,2-3,7-9,14H2,1H3,(H,15,16). The molecule has 0 saturated heterocycles. The highest BCUT2D eigenvalue weighted by atomic mass is 16.6. The SMILES string of the molecule is CCCCOCCOC(=O)Nc1cccc(N)c1. The van der Waals surface area contributed by atoms with Crippen LogP contribution in [0.25, 0.3) is 0 Å². The molecule has 0 saturated carbocycles. The lowest BCUT2D eigenvalue weighted by Gasteiger charge is -2.07. The van der Waals surface area contributed by atoms with Crippen LogP contribution in [0.4, 0.5) is 16.2 Å². The van der Waals surface area contributed by atoms with E-state index in [0.717, 1.165) is 12.8 Å². The van der Waals surface area contributed by atoms with Crippen LogP contribution in [0.15, 0.2) is 24.3 Å². The number of nitrogens with two attached hydrogens (primary N) is 1. The Morgan fingerprint density at radius 1 is 1.33 bits per heavy atom. The number of carbonyl (C=O) groups is 1. The van der Waals surface area contributed by atoms with Gasteiger partial charge >= 0.3 is 6.09 Å². The van der Waals surface area contributed by atoms with Gasteiger partial charge in [0.15, 0.2) is 0 Å². The number of hydrogen-bond donors (Lipinski definition) is 2. The summed E-state index contributed by atoms with van der Waals surface area (Å²) < 4.78 is 10.2. The van der Waals surface area contributed by atoms with Crippen LogP contribution in [-0.2, 0) is 9.47 Å². The Labute approximate surface area is 107 Å². The van der Waals surface area contributed by atoms with Crippen LogP contribution in [0.3, 0.4) is 0 Å². The van der Waals surface area contributed by atoms with Crippen LogP contribution >= 0.6 is 0 Å². The largest absolute Gasteiger partial charge is 0.447 e. The first-order valence-electron chi connectivity index (χ1n) is 6.09. The molecule has 0 bridgehead atoms. The number of unbranched alkanes of at least 4 members (excludes halogenated alkanes) is 1. The molecule has 0 fully saturated rings. The lowest BCUT2D eigenvalue weighted by Crippen LogP contribution is -2.17. The van der Waals surface area contributed by atoms with Gasteiger partial charge in [-0.25, -0.2) is 4.79 Å². The number of nitrogen functional groups attached to an aromatic ring is 1. The molecule has 0 unspecified atom stereocenters. The van der Waals surface area contributed by atoms with E-state index in [0.29, 0.717) is 24.6 Å². The molecule has 0 heterocycles. The number of nitrogens with one attached hydrogen (secondary N) is 1. The Balaban J connectivity index is 2.14. The molecule has 1 rings (SSSR count). The molecule has 0 atom stereocenters. The minimum absolute atomic E-state index is 0.248. The Morgan fingerprint density at radius 2 is 2.17 bits per heavy atom. The Kier molecular flexibility index (Phi) is 6.64. The van der Waals surface area contributed by atoms with E-state index < -0.39 is 6.09 Å². The molecule has 18 heavy (non-hydrogen) atoms. The van der Waals surface area contributed by atoms with Crippen molar-refractivity contribution < 1.29 is 14.3 Å². The molecule has 5 nitrogen and oxygen atoms in total. The van der Waals surface area contributed by atoms with Gasteiger partial charge in [-0.1, -0.05) is 19.4 Å². The third-order valence-electron chi connectivity index (χ3n) is 2.24. The monoisotopic (exact) mass is 252 g/mol. The number of carbonyl (C=O) groups excluding carboxylic acids is 1. The molecule has 0 spiro atoms. The molecule has 1 amide bonds. The first kappa shape index (κ1) is 14.3. The summed E-state index contributed by atoms with van der Waals surface area (Å²) in [6.45, 7) is 3.47. The molecular formula is C13H20N2O3. The van der Waals surface area contributed by atoms with Crippen molar-refractivity contribution in [2.24, 2.45) is 0 Å². The van der Waals surface area contributed by atoms with Crippen molar-refractivity contribution >= 4 is 17.5 Å². The number of rotatable bonds is 7. The lowest BCUT2D eigenvalue weighted by molar-refractivity contribution is 0.0768. The van der Waals surface area contributed by atoms with E-state index >= 15 is 0 Å². The summed E-state index contributed by atoms with van der Waals surface area (Å²) in [5, 5.41) is 2.59. The predicted octanol–water partition coefficient (Wildman–Crippen LogP) is 2.63. The normalized spacial score (nSPS) is 10.1. The van der Waals surface area contributed by atoms with Gasteiger partial charge in [-0.15, -0.1) is 0 Å². The van der Waals surface area contributed by atoms with E-state index in [1.165, 1.54) is 0 Å².